The highest BCUT2D eigenvalue weighted by Crippen LogP contribution is 2.17. The number of hydrogen-bond donors (Lipinski definition) is 1. The molecule has 0 atom stereocenters. The monoisotopic (exact) mass is 386 g/mol. The van der Waals surface area contributed by atoms with Gasteiger partial charge in [-0.05, 0) is 53.0 Å². The zero-order chi connectivity index (χ0) is 17.3. The molecule has 0 bridgehead atoms. The Morgan fingerprint density at radius 1 is 0.958 bits per heavy atom. The molecule has 0 spiro atoms. The number of fused-ring (bicyclic) bond motifs is 2. The predicted molar refractivity (Wildman–Crippen MR) is 94.5 cm³/mol. The first-order valence-electron chi connectivity index (χ1n) is 7.22. The fraction of sp³-hybridized carbons (Fsp3) is 0.118. The maximum atomic E-state index is 10.7. The van der Waals surface area contributed by atoms with E-state index in [1.54, 1.807) is 23.0 Å². The Kier molecular flexibility index (Phi) is 4.35. The second-order valence-electron chi connectivity index (χ2n) is 5.43. The lowest BCUT2D eigenvalue weighted by atomic mass is 10.2. The third kappa shape index (κ3) is 3.16. The Balaban J connectivity index is 0.000000143. The van der Waals surface area contributed by atoms with Gasteiger partial charge in [0.2, 0.25) is 0 Å². The average Bonchev–Trinajstić information content (AvgIpc) is 3.11. The van der Waals surface area contributed by atoms with Crippen LogP contribution in [0.4, 0.5) is 0 Å². The van der Waals surface area contributed by atoms with Crippen LogP contribution in [0.1, 0.15) is 21.5 Å². The van der Waals surface area contributed by atoms with Crippen molar-refractivity contribution in [3.63, 3.8) is 0 Å². The SMILES string of the molecule is Cc1ccc2c(Br)cnn2c1.Cc1ccc2c(C(=O)O)cnn2c1. The van der Waals surface area contributed by atoms with Gasteiger partial charge in [0, 0.05) is 12.4 Å². The summed E-state index contributed by atoms with van der Waals surface area (Å²) in [7, 11) is 0. The standard InChI is InChI=1S/C9H8N2O2.C8H7BrN2/c1-6-2-3-8-7(9(12)13)4-10-11(8)5-6;1-6-2-3-8-7(9)4-10-11(8)5-6/h2-5H,1H3,(H,12,13);2-5H,1H3. The summed E-state index contributed by atoms with van der Waals surface area (Å²) in [4.78, 5) is 10.7. The quantitative estimate of drug-likeness (QED) is 0.540. The Labute approximate surface area is 146 Å². The van der Waals surface area contributed by atoms with Crippen LogP contribution in [0.5, 0.6) is 0 Å². The highest BCUT2D eigenvalue weighted by molar-refractivity contribution is 9.10. The van der Waals surface area contributed by atoms with E-state index in [0.717, 1.165) is 15.6 Å². The van der Waals surface area contributed by atoms with Gasteiger partial charge < -0.3 is 5.11 Å². The van der Waals surface area contributed by atoms with Crippen LogP contribution in [0.2, 0.25) is 0 Å². The van der Waals surface area contributed by atoms with Gasteiger partial charge in [-0.15, -0.1) is 0 Å². The Morgan fingerprint density at radius 2 is 1.50 bits per heavy atom. The van der Waals surface area contributed by atoms with E-state index >= 15 is 0 Å². The number of halogens is 1. The van der Waals surface area contributed by atoms with E-state index in [1.807, 2.05) is 29.8 Å². The summed E-state index contributed by atoms with van der Waals surface area (Å²) in [6.45, 7) is 3.98. The zero-order valence-electron chi connectivity index (χ0n) is 13.1. The van der Waals surface area contributed by atoms with Crippen LogP contribution in [0, 0.1) is 13.8 Å². The van der Waals surface area contributed by atoms with Crippen molar-refractivity contribution in [3.8, 4) is 0 Å². The maximum absolute atomic E-state index is 10.7. The van der Waals surface area contributed by atoms with Gasteiger partial charge in [-0.3, -0.25) is 0 Å². The van der Waals surface area contributed by atoms with Gasteiger partial charge in [-0.25, -0.2) is 13.8 Å². The second-order valence-corrected chi connectivity index (χ2v) is 6.28. The number of hydrogen-bond acceptors (Lipinski definition) is 3. The van der Waals surface area contributed by atoms with Crippen LogP contribution in [-0.2, 0) is 0 Å². The van der Waals surface area contributed by atoms with Crippen LogP contribution in [0.25, 0.3) is 11.0 Å². The van der Waals surface area contributed by atoms with Gasteiger partial charge in [-0.1, -0.05) is 12.1 Å². The first-order valence-corrected chi connectivity index (χ1v) is 8.02. The summed E-state index contributed by atoms with van der Waals surface area (Å²) in [6.07, 6.45) is 6.95. The number of pyridine rings is 2. The molecule has 0 aromatic carbocycles. The highest BCUT2D eigenvalue weighted by Gasteiger charge is 2.09. The molecule has 6 nitrogen and oxygen atoms in total. The zero-order valence-corrected chi connectivity index (χ0v) is 14.7. The first-order chi connectivity index (χ1) is 11.5. The lowest BCUT2D eigenvalue weighted by Gasteiger charge is -1.95. The number of carbonyl (C=O) groups is 1. The fourth-order valence-electron chi connectivity index (χ4n) is 2.31. The minimum Gasteiger partial charge on any atom is -0.478 e. The molecule has 4 aromatic rings. The summed E-state index contributed by atoms with van der Waals surface area (Å²) in [5.74, 6) is -0.946. The molecule has 1 N–H and O–H groups in total. The molecule has 0 aliphatic carbocycles. The Hall–Kier alpha value is -2.67. The third-order valence-electron chi connectivity index (χ3n) is 3.51. The second kappa shape index (κ2) is 6.45. The first kappa shape index (κ1) is 16.2. The molecule has 24 heavy (non-hydrogen) atoms. The van der Waals surface area contributed by atoms with Crippen molar-refractivity contribution < 1.29 is 9.90 Å². The van der Waals surface area contributed by atoms with Gasteiger partial charge in [0.15, 0.2) is 0 Å². The predicted octanol–water partition coefficient (Wildman–Crippen LogP) is 3.75. The molecular weight excluding hydrogens is 372 g/mol. The topological polar surface area (TPSA) is 71.9 Å². The largest absolute Gasteiger partial charge is 0.478 e. The van der Waals surface area contributed by atoms with Crippen LogP contribution in [-0.4, -0.2) is 30.3 Å². The van der Waals surface area contributed by atoms with E-state index < -0.39 is 5.97 Å². The smallest absolute Gasteiger partial charge is 0.339 e. The number of carboxylic acids is 1. The van der Waals surface area contributed by atoms with Gasteiger partial charge in [0.25, 0.3) is 0 Å². The molecule has 0 fully saturated rings. The summed E-state index contributed by atoms with van der Waals surface area (Å²) in [5, 5.41) is 16.9. The number of aromatic carboxylic acids is 1. The van der Waals surface area contributed by atoms with E-state index in [9.17, 15) is 4.79 Å². The van der Waals surface area contributed by atoms with E-state index in [2.05, 4.69) is 39.1 Å². The van der Waals surface area contributed by atoms with E-state index in [4.69, 9.17) is 5.11 Å². The normalized spacial score (nSPS) is 10.6. The van der Waals surface area contributed by atoms with E-state index in [1.165, 1.54) is 11.8 Å². The minimum atomic E-state index is -0.946. The van der Waals surface area contributed by atoms with Crippen LogP contribution in [0.3, 0.4) is 0 Å². The van der Waals surface area contributed by atoms with Crippen molar-refractivity contribution in [3.05, 3.63) is 70.2 Å². The number of aromatic nitrogens is 4. The van der Waals surface area contributed by atoms with Crippen LogP contribution < -0.4 is 0 Å². The summed E-state index contributed by atoms with van der Waals surface area (Å²) < 4.78 is 4.47. The number of nitrogens with zero attached hydrogens (tertiary/aromatic N) is 4. The molecule has 0 saturated heterocycles. The summed E-state index contributed by atoms with van der Waals surface area (Å²) in [6, 6.07) is 7.74. The lowest BCUT2D eigenvalue weighted by Crippen LogP contribution is -1.95. The molecule has 4 heterocycles. The maximum Gasteiger partial charge on any atom is 0.339 e. The molecule has 0 unspecified atom stereocenters. The van der Waals surface area contributed by atoms with Gasteiger partial charge >= 0.3 is 5.97 Å². The number of aryl methyl sites for hydroxylation is 2. The number of rotatable bonds is 1. The van der Waals surface area contributed by atoms with Crippen molar-refractivity contribution >= 4 is 32.9 Å². The van der Waals surface area contributed by atoms with Crippen molar-refractivity contribution in [2.75, 3.05) is 0 Å². The van der Waals surface area contributed by atoms with Gasteiger partial charge in [0.1, 0.15) is 5.56 Å². The van der Waals surface area contributed by atoms with Crippen molar-refractivity contribution in [2.45, 2.75) is 13.8 Å². The molecule has 0 saturated carbocycles. The van der Waals surface area contributed by atoms with Gasteiger partial charge in [-0.2, -0.15) is 10.2 Å². The summed E-state index contributed by atoms with van der Waals surface area (Å²) in [5.41, 5.74) is 4.23. The Bertz CT molecular complexity index is 1040. The number of carboxylic acid groups (broad SMARTS) is 1. The Morgan fingerprint density at radius 3 is 2.12 bits per heavy atom. The molecule has 0 aliphatic rings. The molecule has 122 valence electrons. The molecule has 0 aliphatic heterocycles. The fourth-order valence-corrected chi connectivity index (χ4v) is 2.71. The molecule has 4 aromatic heterocycles. The minimum absolute atomic E-state index is 0.236. The summed E-state index contributed by atoms with van der Waals surface area (Å²) >= 11 is 3.41. The molecule has 0 radical (unpaired) electrons. The van der Waals surface area contributed by atoms with Crippen molar-refractivity contribution in [2.24, 2.45) is 0 Å². The third-order valence-corrected chi connectivity index (χ3v) is 4.12. The van der Waals surface area contributed by atoms with Gasteiger partial charge in [0.05, 0.1) is 27.9 Å². The lowest BCUT2D eigenvalue weighted by molar-refractivity contribution is 0.0699. The van der Waals surface area contributed by atoms with Crippen molar-refractivity contribution in [1.29, 1.82) is 0 Å². The van der Waals surface area contributed by atoms with E-state index in [0.29, 0.717) is 5.52 Å². The molecule has 0 amide bonds. The van der Waals surface area contributed by atoms with Crippen LogP contribution in [0.15, 0.2) is 53.5 Å². The molecular formula is C17H15BrN4O2. The van der Waals surface area contributed by atoms with Crippen LogP contribution >= 0.6 is 15.9 Å². The van der Waals surface area contributed by atoms with E-state index in [-0.39, 0.29) is 5.56 Å². The highest BCUT2D eigenvalue weighted by atomic mass is 79.9. The van der Waals surface area contributed by atoms with Crippen molar-refractivity contribution in [1.82, 2.24) is 19.2 Å². The molecule has 7 heteroatoms. The molecule has 4 rings (SSSR count). The average molecular weight is 387 g/mol.